The molecule has 9 heteroatoms. The number of amides is 2. The number of ether oxygens (including phenoxy) is 2. The summed E-state index contributed by atoms with van der Waals surface area (Å²) < 4.78 is 47.2. The summed E-state index contributed by atoms with van der Waals surface area (Å²) in [7, 11) is 3.27. The highest BCUT2D eigenvalue weighted by atomic mass is 19.4. The van der Waals surface area contributed by atoms with Crippen LogP contribution in [0.3, 0.4) is 0 Å². The van der Waals surface area contributed by atoms with E-state index >= 15 is 0 Å². The van der Waals surface area contributed by atoms with Gasteiger partial charge in [0.25, 0.3) is 0 Å². The highest BCUT2D eigenvalue weighted by Gasteiger charge is 2.31. The molecule has 31 heavy (non-hydrogen) atoms. The largest absolute Gasteiger partial charge is 0.573 e. The van der Waals surface area contributed by atoms with Gasteiger partial charge in [-0.1, -0.05) is 18.2 Å². The second kappa shape index (κ2) is 9.28. The molecule has 0 saturated carbocycles. The molecule has 6 nitrogen and oxygen atoms in total. The maximum absolute atomic E-state index is 12.5. The standard InChI is InChI=1S/C22H23F3N2O4/c1-27(2)21(29)9-8-20(28)26-13-18-12-16-10-15(6-7-19(16)30-18)14-4-3-5-17(11-14)31-22(23,24)25/h3-7,10-11,18H,8-9,12-13H2,1-2H3,(H,26,28). The molecular weight excluding hydrogens is 413 g/mol. The zero-order valence-corrected chi connectivity index (χ0v) is 17.2. The molecule has 0 aromatic heterocycles. The minimum Gasteiger partial charge on any atom is -0.488 e. The molecule has 0 saturated heterocycles. The molecule has 166 valence electrons. The van der Waals surface area contributed by atoms with E-state index in [4.69, 9.17) is 4.74 Å². The molecule has 0 radical (unpaired) electrons. The average Bonchev–Trinajstić information content (AvgIpc) is 3.11. The maximum atomic E-state index is 12.5. The summed E-state index contributed by atoms with van der Waals surface area (Å²) in [5.41, 5.74) is 2.23. The first-order valence-corrected chi connectivity index (χ1v) is 9.73. The number of carbonyl (C=O) groups is 2. The maximum Gasteiger partial charge on any atom is 0.573 e. The van der Waals surface area contributed by atoms with Crippen LogP contribution < -0.4 is 14.8 Å². The number of hydrogen-bond donors (Lipinski definition) is 1. The minimum absolute atomic E-state index is 0.108. The predicted octanol–water partition coefficient (Wildman–Crippen LogP) is 3.54. The van der Waals surface area contributed by atoms with Gasteiger partial charge in [0.05, 0.1) is 6.54 Å². The Hall–Kier alpha value is -3.23. The molecule has 1 unspecified atom stereocenters. The van der Waals surface area contributed by atoms with Crippen molar-refractivity contribution in [1.29, 1.82) is 0 Å². The van der Waals surface area contributed by atoms with Crippen LogP contribution in [0.15, 0.2) is 42.5 Å². The smallest absolute Gasteiger partial charge is 0.488 e. The second-order valence-electron chi connectivity index (χ2n) is 7.43. The molecule has 0 fully saturated rings. The van der Waals surface area contributed by atoms with Gasteiger partial charge in [0, 0.05) is 33.4 Å². The van der Waals surface area contributed by atoms with Gasteiger partial charge in [-0.15, -0.1) is 13.2 Å². The van der Waals surface area contributed by atoms with Gasteiger partial charge >= 0.3 is 6.36 Å². The van der Waals surface area contributed by atoms with Crippen molar-refractivity contribution in [3.8, 4) is 22.6 Å². The Kier molecular flexibility index (Phi) is 6.72. The molecule has 1 aliphatic heterocycles. The zero-order valence-electron chi connectivity index (χ0n) is 17.2. The first kappa shape index (κ1) is 22.5. The highest BCUT2D eigenvalue weighted by molar-refractivity contribution is 5.83. The Morgan fingerprint density at radius 2 is 1.87 bits per heavy atom. The number of halogens is 3. The summed E-state index contributed by atoms with van der Waals surface area (Å²) in [6.45, 7) is 0.300. The van der Waals surface area contributed by atoms with Crippen LogP contribution in [0.1, 0.15) is 18.4 Å². The number of rotatable bonds is 7. The van der Waals surface area contributed by atoms with Gasteiger partial charge in [-0.3, -0.25) is 9.59 Å². The van der Waals surface area contributed by atoms with Gasteiger partial charge in [0.15, 0.2) is 0 Å². The molecule has 0 spiro atoms. The van der Waals surface area contributed by atoms with Crippen molar-refractivity contribution < 1.29 is 32.2 Å². The van der Waals surface area contributed by atoms with Crippen LogP contribution in [0, 0.1) is 0 Å². The Morgan fingerprint density at radius 3 is 2.58 bits per heavy atom. The van der Waals surface area contributed by atoms with Crippen molar-refractivity contribution >= 4 is 11.8 Å². The number of nitrogens with zero attached hydrogens (tertiary/aromatic N) is 1. The van der Waals surface area contributed by atoms with Crippen LogP contribution in [0.2, 0.25) is 0 Å². The third kappa shape index (κ3) is 6.37. The van der Waals surface area contributed by atoms with Crippen molar-refractivity contribution in [3.63, 3.8) is 0 Å². The Morgan fingerprint density at radius 1 is 1.13 bits per heavy atom. The predicted molar refractivity (Wildman–Crippen MR) is 108 cm³/mol. The average molecular weight is 436 g/mol. The van der Waals surface area contributed by atoms with Gasteiger partial charge in [-0.25, -0.2) is 0 Å². The fourth-order valence-corrected chi connectivity index (χ4v) is 3.25. The fourth-order valence-electron chi connectivity index (χ4n) is 3.25. The Bertz CT molecular complexity index is 960. The van der Waals surface area contributed by atoms with E-state index < -0.39 is 6.36 Å². The van der Waals surface area contributed by atoms with Gasteiger partial charge in [-0.05, 0) is 41.0 Å². The molecular formula is C22H23F3N2O4. The summed E-state index contributed by atoms with van der Waals surface area (Å²) >= 11 is 0. The Labute approximate surface area is 177 Å². The second-order valence-corrected chi connectivity index (χ2v) is 7.43. The van der Waals surface area contributed by atoms with Crippen molar-refractivity contribution in [1.82, 2.24) is 10.2 Å². The van der Waals surface area contributed by atoms with Crippen LogP contribution in [0.25, 0.3) is 11.1 Å². The van der Waals surface area contributed by atoms with Crippen molar-refractivity contribution in [3.05, 3.63) is 48.0 Å². The van der Waals surface area contributed by atoms with Crippen molar-refractivity contribution in [2.45, 2.75) is 31.7 Å². The molecule has 0 aliphatic carbocycles. The van der Waals surface area contributed by atoms with E-state index in [0.29, 0.717) is 24.3 Å². The summed E-state index contributed by atoms with van der Waals surface area (Å²) in [4.78, 5) is 24.9. The SMILES string of the molecule is CN(C)C(=O)CCC(=O)NCC1Cc2cc(-c3cccc(OC(F)(F)F)c3)ccc2O1. The summed E-state index contributed by atoms with van der Waals surface area (Å²) in [5.74, 6) is 0.0531. The zero-order chi connectivity index (χ0) is 22.6. The number of carbonyl (C=O) groups excluding carboxylic acids is 2. The monoisotopic (exact) mass is 436 g/mol. The number of alkyl halides is 3. The van der Waals surface area contributed by atoms with Crippen molar-refractivity contribution in [2.75, 3.05) is 20.6 Å². The first-order chi connectivity index (χ1) is 14.6. The van der Waals surface area contributed by atoms with Crippen LogP contribution in [-0.4, -0.2) is 49.8 Å². The summed E-state index contributed by atoms with van der Waals surface area (Å²) in [5, 5.41) is 2.77. The van der Waals surface area contributed by atoms with E-state index in [1.54, 1.807) is 32.3 Å². The quantitative estimate of drug-likeness (QED) is 0.721. The van der Waals surface area contributed by atoms with E-state index in [1.807, 2.05) is 6.07 Å². The Balaban J connectivity index is 1.57. The van der Waals surface area contributed by atoms with Gasteiger partial charge in [0.1, 0.15) is 17.6 Å². The van der Waals surface area contributed by atoms with Crippen LogP contribution in [0.4, 0.5) is 13.2 Å². The lowest BCUT2D eigenvalue weighted by atomic mass is 10.0. The third-order valence-electron chi connectivity index (χ3n) is 4.79. The topological polar surface area (TPSA) is 67.9 Å². The first-order valence-electron chi connectivity index (χ1n) is 9.73. The highest BCUT2D eigenvalue weighted by Crippen LogP contribution is 2.34. The third-order valence-corrected chi connectivity index (χ3v) is 4.79. The number of fused-ring (bicyclic) bond motifs is 1. The van der Waals surface area contributed by atoms with Gasteiger partial charge in [0.2, 0.25) is 11.8 Å². The van der Waals surface area contributed by atoms with Crippen LogP contribution in [-0.2, 0) is 16.0 Å². The lowest BCUT2D eigenvalue weighted by molar-refractivity contribution is -0.274. The fraction of sp³-hybridized carbons (Fsp3) is 0.364. The molecule has 1 atom stereocenters. The summed E-state index contributed by atoms with van der Waals surface area (Å²) in [6.07, 6.45) is -4.19. The van der Waals surface area contributed by atoms with E-state index in [2.05, 4.69) is 10.1 Å². The number of hydrogen-bond acceptors (Lipinski definition) is 4. The normalized spacial score (nSPS) is 15.1. The minimum atomic E-state index is -4.75. The van der Waals surface area contributed by atoms with E-state index in [-0.39, 0.29) is 36.5 Å². The molecule has 1 heterocycles. The van der Waals surface area contributed by atoms with E-state index in [1.165, 1.54) is 23.1 Å². The molecule has 3 rings (SSSR count). The van der Waals surface area contributed by atoms with E-state index in [9.17, 15) is 22.8 Å². The van der Waals surface area contributed by atoms with Gasteiger partial charge in [-0.2, -0.15) is 0 Å². The van der Waals surface area contributed by atoms with Crippen LogP contribution >= 0.6 is 0 Å². The molecule has 2 aromatic rings. The lowest BCUT2D eigenvalue weighted by Crippen LogP contribution is -2.35. The van der Waals surface area contributed by atoms with Crippen molar-refractivity contribution in [2.24, 2.45) is 0 Å². The number of benzene rings is 2. The summed E-state index contributed by atoms with van der Waals surface area (Å²) in [6, 6.07) is 11.2. The van der Waals surface area contributed by atoms with Crippen LogP contribution in [0.5, 0.6) is 11.5 Å². The van der Waals surface area contributed by atoms with Gasteiger partial charge < -0.3 is 19.7 Å². The molecule has 0 bridgehead atoms. The lowest BCUT2D eigenvalue weighted by Gasteiger charge is -2.13. The molecule has 2 amide bonds. The number of nitrogens with one attached hydrogen (secondary N) is 1. The van der Waals surface area contributed by atoms with E-state index in [0.717, 1.165) is 11.1 Å². The molecule has 1 N–H and O–H groups in total. The molecule has 2 aromatic carbocycles. The molecule has 1 aliphatic rings.